The summed E-state index contributed by atoms with van der Waals surface area (Å²) in [4.78, 5) is 2.20. The monoisotopic (exact) mass is 301 g/mol. The van der Waals surface area contributed by atoms with Crippen molar-refractivity contribution in [3.05, 3.63) is 35.4 Å². The lowest BCUT2D eigenvalue weighted by molar-refractivity contribution is -0.139. The van der Waals surface area contributed by atoms with Gasteiger partial charge in [0.15, 0.2) is 0 Å². The first-order valence-electron chi connectivity index (χ1n) is 6.99. The van der Waals surface area contributed by atoms with Crippen LogP contribution in [0.4, 0.5) is 13.2 Å². The topological polar surface area (TPSA) is 32.7 Å². The highest BCUT2D eigenvalue weighted by molar-refractivity contribution is 5.30. The van der Waals surface area contributed by atoms with Gasteiger partial charge in [-0.25, -0.2) is 0 Å². The highest BCUT2D eigenvalue weighted by Crippen LogP contribution is 2.41. The number of hydrogen-bond acceptors (Lipinski definition) is 3. The minimum absolute atomic E-state index is 0.102. The Morgan fingerprint density at radius 1 is 1.14 bits per heavy atom. The molecule has 2 saturated heterocycles. The summed E-state index contributed by atoms with van der Waals surface area (Å²) in [7, 11) is 2.00. The summed E-state index contributed by atoms with van der Waals surface area (Å²) < 4.78 is 43.3. The van der Waals surface area contributed by atoms with Crippen molar-refractivity contribution in [1.82, 2.24) is 4.90 Å². The molecule has 1 N–H and O–H groups in total. The second-order valence-corrected chi connectivity index (χ2v) is 6.03. The van der Waals surface area contributed by atoms with Crippen LogP contribution < -0.4 is 0 Å². The number of hydrogen-bond donors (Lipinski definition) is 1. The standard InChI is InChI=1S/C15H18F3NO2/c1-19-12-6-14(20,7-13(19)9-21-8-12)10-2-4-11(5-3-10)15(16,17)18/h2-5,12-13,20H,6-9H2,1H3. The van der Waals surface area contributed by atoms with Crippen LogP contribution in [0.15, 0.2) is 24.3 Å². The number of halogens is 3. The number of fused-ring (bicyclic) bond motifs is 2. The summed E-state index contributed by atoms with van der Waals surface area (Å²) in [6.07, 6.45) is -3.39. The summed E-state index contributed by atoms with van der Waals surface area (Å²) in [5.74, 6) is 0. The maximum Gasteiger partial charge on any atom is 0.416 e. The fourth-order valence-corrected chi connectivity index (χ4v) is 3.35. The van der Waals surface area contributed by atoms with Crippen LogP contribution in [0.1, 0.15) is 24.0 Å². The molecule has 2 fully saturated rings. The lowest BCUT2D eigenvalue weighted by Crippen LogP contribution is -2.59. The van der Waals surface area contributed by atoms with Gasteiger partial charge in [0, 0.05) is 12.1 Å². The van der Waals surface area contributed by atoms with E-state index in [4.69, 9.17) is 4.74 Å². The maximum atomic E-state index is 12.6. The SMILES string of the molecule is CN1C2COCC1CC(O)(c1ccc(C(F)(F)F)cc1)C2. The molecular formula is C15H18F3NO2. The molecule has 2 bridgehead atoms. The Hall–Kier alpha value is -1.11. The van der Waals surface area contributed by atoms with E-state index in [1.165, 1.54) is 12.1 Å². The van der Waals surface area contributed by atoms with Gasteiger partial charge in [0.1, 0.15) is 0 Å². The first-order valence-corrected chi connectivity index (χ1v) is 6.99. The highest BCUT2D eigenvalue weighted by atomic mass is 19.4. The normalized spacial score (nSPS) is 34.0. The molecule has 0 spiro atoms. The van der Waals surface area contributed by atoms with Crippen molar-refractivity contribution in [2.24, 2.45) is 0 Å². The molecule has 116 valence electrons. The number of benzene rings is 1. The van der Waals surface area contributed by atoms with Gasteiger partial charge in [0.05, 0.1) is 24.4 Å². The van der Waals surface area contributed by atoms with Gasteiger partial charge >= 0.3 is 6.18 Å². The van der Waals surface area contributed by atoms with E-state index in [1.807, 2.05) is 7.05 Å². The zero-order valence-electron chi connectivity index (χ0n) is 11.7. The molecule has 1 aromatic rings. The van der Waals surface area contributed by atoms with Crippen LogP contribution in [0, 0.1) is 0 Å². The average Bonchev–Trinajstić information content (AvgIpc) is 2.40. The number of ether oxygens (including phenoxy) is 1. The van der Waals surface area contributed by atoms with E-state index in [2.05, 4.69) is 4.90 Å². The number of piperidine rings is 1. The molecule has 6 heteroatoms. The number of likely N-dealkylation sites (N-methyl/N-ethyl adjacent to an activating group) is 1. The Kier molecular flexibility index (Phi) is 3.50. The van der Waals surface area contributed by atoms with E-state index >= 15 is 0 Å². The third-order valence-electron chi connectivity index (χ3n) is 4.67. The van der Waals surface area contributed by atoms with Crippen molar-refractivity contribution in [3.63, 3.8) is 0 Å². The Balaban J connectivity index is 1.86. The van der Waals surface area contributed by atoms with Crippen molar-refractivity contribution < 1.29 is 23.0 Å². The molecule has 2 aliphatic rings. The molecular weight excluding hydrogens is 283 g/mol. The number of nitrogens with zero attached hydrogens (tertiary/aromatic N) is 1. The quantitative estimate of drug-likeness (QED) is 0.864. The molecule has 2 heterocycles. The molecule has 0 radical (unpaired) electrons. The van der Waals surface area contributed by atoms with E-state index in [0.29, 0.717) is 31.6 Å². The minimum atomic E-state index is -4.35. The van der Waals surface area contributed by atoms with Crippen LogP contribution in [-0.2, 0) is 16.5 Å². The molecule has 0 amide bonds. The Bertz CT molecular complexity index is 501. The van der Waals surface area contributed by atoms with Gasteiger partial charge in [-0.2, -0.15) is 13.2 Å². The Labute approximate surface area is 121 Å². The second-order valence-electron chi connectivity index (χ2n) is 6.03. The van der Waals surface area contributed by atoms with E-state index in [9.17, 15) is 18.3 Å². The zero-order valence-corrected chi connectivity index (χ0v) is 11.7. The largest absolute Gasteiger partial charge is 0.416 e. The maximum absolute atomic E-state index is 12.6. The third kappa shape index (κ3) is 2.67. The molecule has 0 aliphatic carbocycles. The molecule has 1 aromatic carbocycles. The fraction of sp³-hybridized carbons (Fsp3) is 0.600. The third-order valence-corrected chi connectivity index (χ3v) is 4.67. The summed E-state index contributed by atoms with van der Waals surface area (Å²) in [5, 5.41) is 10.9. The van der Waals surface area contributed by atoms with Gasteiger partial charge in [0.25, 0.3) is 0 Å². The molecule has 2 unspecified atom stereocenters. The number of alkyl halides is 3. The predicted octanol–water partition coefficient (Wildman–Crippen LogP) is 2.39. The van der Waals surface area contributed by atoms with Crippen LogP contribution >= 0.6 is 0 Å². The highest BCUT2D eigenvalue weighted by Gasteiger charge is 2.45. The van der Waals surface area contributed by atoms with Crippen molar-refractivity contribution in [2.45, 2.75) is 36.7 Å². The van der Waals surface area contributed by atoms with E-state index in [1.54, 1.807) is 0 Å². The van der Waals surface area contributed by atoms with Gasteiger partial charge in [-0.15, -0.1) is 0 Å². The van der Waals surface area contributed by atoms with Gasteiger partial charge in [-0.3, -0.25) is 4.90 Å². The molecule has 0 aromatic heterocycles. The first-order chi connectivity index (χ1) is 9.79. The summed E-state index contributed by atoms with van der Waals surface area (Å²) in [6, 6.07) is 5.07. The number of aliphatic hydroxyl groups is 1. The van der Waals surface area contributed by atoms with Gasteiger partial charge in [-0.05, 0) is 37.6 Å². The number of rotatable bonds is 1. The van der Waals surface area contributed by atoms with Gasteiger partial charge < -0.3 is 9.84 Å². The van der Waals surface area contributed by atoms with Crippen molar-refractivity contribution >= 4 is 0 Å². The van der Waals surface area contributed by atoms with Crippen LogP contribution in [0.25, 0.3) is 0 Å². The minimum Gasteiger partial charge on any atom is -0.385 e. The smallest absolute Gasteiger partial charge is 0.385 e. The molecule has 2 atom stereocenters. The summed E-state index contributed by atoms with van der Waals surface area (Å²) in [5.41, 5.74) is -1.21. The predicted molar refractivity (Wildman–Crippen MR) is 70.7 cm³/mol. The van der Waals surface area contributed by atoms with Crippen LogP contribution in [0.5, 0.6) is 0 Å². The van der Waals surface area contributed by atoms with E-state index < -0.39 is 17.3 Å². The Morgan fingerprint density at radius 2 is 1.67 bits per heavy atom. The van der Waals surface area contributed by atoms with Gasteiger partial charge in [-0.1, -0.05) is 12.1 Å². The average molecular weight is 301 g/mol. The molecule has 2 aliphatic heterocycles. The number of morpholine rings is 1. The summed E-state index contributed by atoms with van der Waals surface area (Å²) >= 11 is 0. The van der Waals surface area contributed by atoms with Crippen LogP contribution in [-0.4, -0.2) is 42.4 Å². The van der Waals surface area contributed by atoms with E-state index in [-0.39, 0.29) is 12.1 Å². The second kappa shape index (κ2) is 4.97. The zero-order chi connectivity index (χ0) is 15.3. The van der Waals surface area contributed by atoms with Crippen molar-refractivity contribution in [3.8, 4) is 0 Å². The lowest BCUT2D eigenvalue weighted by atomic mass is 9.77. The molecule has 3 rings (SSSR count). The van der Waals surface area contributed by atoms with E-state index in [0.717, 1.165) is 12.1 Å². The van der Waals surface area contributed by atoms with Crippen LogP contribution in [0.3, 0.4) is 0 Å². The fourth-order valence-electron chi connectivity index (χ4n) is 3.35. The van der Waals surface area contributed by atoms with Gasteiger partial charge in [0.2, 0.25) is 0 Å². The summed E-state index contributed by atoms with van der Waals surface area (Å²) in [6.45, 7) is 1.10. The molecule has 0 saturated carbocycles. The Morgan fingerprint density at radius 3 is 2.14 bits per heavy atom. The van der Waals surface area contributed by atoms with Crippen LogP contribution in [0.2, 0.25) is 0 Å². The molecule has 3 nitrogen and oxygen atoms in total. The van der Waals surface area contributed by atoms with Crippen molar-refractivity contribution in [1.29, 1.82) is 0 Å². The lowest BCUT2D eigenvalue weighted by Gasteiger charge is -2.50. The molecule has 21 heavy (non-hydrogen) atoms. The first kappa shape index (κ1) is 14.8. The van der Waals surface area contributed by atoms with Crippen molar-refractivity contribution in [2.75, 3.05) is 20.3 Å².